The Morgan fingerprint density at radius 3 is 2.70 bits per heavy atom. The van der Waals surface area contributed by atoms with Crippen LogP contribution in [0.3, 0.4) is 0 Å². The zero-order valence-corrected chi connectivity index (χ0v) is 14.5. The predicted octanol–water partition coefficient (Wildman–Crippen LogP) is 1.83. The molecule has 2 saturated heterocycles. The number of ether oxygens (including phenoxy) is 3. The molecule has 0 aromatic heterocycles. The SMILES string of the molecule is CC(C)(C)OC(=O)NC1C2CCOC2C1NC1CCCOCC1. The second-order valence-electron chi connectivity index (χ2n) is 7.89. The van der Waals surface area contributed by atoms with Gasteiger partial charge in [0.05, 0.1) is 18.2 Å². The highest BCUT2D eigenvalue weighted by atomic mass is 16.6. The number of hydrogen-bond donors (Lipinski definition) is 2. The van der Waals surface area contributed by atoms with Crippen molar-refractivity contribution in [3.8, 4) is 0 Å². The van der Waals surface area contributed by atoms with Gasteiger partial charge in [-0.3, -0.25) is 0 Å². The molecule has 6 heteroatoms. The summed E-state index contributed by atoms with van der Waals surface area (Å²) >= 11 is 0. The Labute approximate surface area is 138 Å². The summed E-state index contributed by atoms with van der Waals surface area (Å²) in [7, 11) is 0. The van der Waals surface area contributed by atoms with E-state index in [9.17, 15) is 4.79 Å². The number of carbonyl (C=O) groups excluding carboxylic acids is 1. The monoisotopic (exact) mass is 326 g/mol. The van der Waals surface area contributed by atoms with Gasteiger partial charge in [-0.25, -0.2) is 4.79 Å². The van der Waals surface area contributed by atoms with Crippen molar-refractivity contribution < 1.29 is 19.0 Å². The Hall–Kier alpha value is -0.850. The van der Waals surface area contributed by atoms with E-state index in [0.717, 1.165) is 45.5 Å². The van der Waals surface area contributed by atoms with Gasteiger partial charge in [0.1, 0.15) is 5.60 Å². The van der Waals surface area contributed by atoms with Gasteiger partial charge in [0.25, 0.3) is 0 Å². The van der Waals surface area contributed by atoms with Crippen LogP contribution < -0.4 is 10.6 Å². The highest BCUT2D eigenvalue weighted by Gasteiger charge is 2.55. The minimum Gasteiger partial charge on any atom is -0.444 e. The molecular weight excluding hydrogens is 296 g/mol. The molecule has 0 spiro atoms. The zero-order chi connectivity index (χ0) is 16.4. The Morgan fingerprint density at radius 1 is 1.09 bits per heavy atom. The smallest absolute Gasteiger partial charge is 0.407 e. The van der Waals surface area contributed by atoms with Crippen molar-refractivity contribution in [3.63, 3.8) is 0 Å². The van der Waals surface area contributed by atoms with Crippen LogP contribution in [-0.4, -0.2) is 55.7 Å². The van der Waals surface area contributed by atoms with E-state index in [0.29, 0.717) is 12.0 Å². The molecular formula is C17H30N2O4. The molecule has 2 aliphatic heterocycles. The number of alkyl carbamates (subject to hydrolysis) is 1. The first kappa shape index (κ1) is 17.0. The quantitative estimate of drug-likeness (QED) is 0.828. The van der Waals surface area contributed by atoms with Crippen LogP contribution in [0, 0.1) is 5.92 Å². The minimum atomic E-state index is -0.471. The normalized spacial score (nSPS) is 37.4. The third kappa shape index (κ3) is 4.17. The van der Waals surface area contributed by atoms with Gasteiger partial charge in [0, 0.05) is 31.8 Å². The van der Waals surface area contributed by atoms with E-state index in [1.54, 1.807) is 0 Å². The second kappa shape index (κ2) is 6.95. The molecule has 2 N–H and O–H groups in total. The molecule has 6 nitrogen and oxygen atoms in total. The van der Waals surface area contributed by atoms with Gasteiger partial charge < -0.3 is 24.8 Å². The van der Waals surface area contributed by atoms with Crippen LogP contribution in [0.4, 0.5) is 4.79 Å². The topological polar surface area (TPSA) is 68.8 Å². The van der Waals surface area contributed by atoms with Crippen LogP contribution in [0.15, 0.2) is 0 Å². The Morgan fingerprint density at radius 2 is 1.91 bits per heavy atom. The van der Waals surface area contributed by atoms with Gasteiger partial charge in [-0.15, -0.1) is 0 Å². The molecule has 1 saturated carbocycles. The molecule has 3 rings (SSSR count). The van der Waals surface area contributed by atoms with Crippen molar-refractivity contribution >= 4 is 6.09 Å². The van der Waals surface area contributed by atoms with Crippen LogP contribution in [-0.2, 0) is 14.2 Å². The maximum absolute atomic E-state index is 12.1. The summed E-state index contributed by atoms with van der Waals surface area (Å²) in [6.07, 6.45) is 4.13. The van der Waals surface area contributed by atoms with Gasteiger partial charge >= 0.3 is 6.09 Å². The van der Waals surface area contributed by atoms with E-state index in [2.05, 4.69) is 10.6 Å². The molecule has 1 amide bonds. The lowest BCUT2D eigenvalue weighted by Crippen LogP contribution is -2.71. The standard InChI is InChI=1S/C17H30N2O4/c1-17(2,3)23-16(20)19-13-12-7-10-22-15(12)14(13)18-11-5-4-8-21-9-6-11/h11-15,18H,4-10H2,1-3H3,(H,19,20). The minimum absolute atomic E-state index is 0.0986. The average Bonchev–Trinajstić information content (AvgIpc) is 2.70. The molecule has 5 atom stereocenters. The summed E-state index contributed by atoms with van der Waals surface area (Å²) in [6.45, 7) is 8.10. The Balaban J connectivity index is 1.57. The van der Waals surface area contributed by atoms with E-state index in [1.807, 2.05) is 20.8 Å². The number of rotatable bonds is 3. The molecule has 0 aromatic rings. The van der Waals surface area contributed by atoms with Crippen molar-refractivity contribution in [1.82, 2.24) is 10.6 Å². The van der Waals surface area contributed by atoms with E-state index < -0.39 is 5.60 Å². The summed E-state index contributed by atoms with van der Waals surface area (Å²) in [5, 5.41) is 6.77. The van der Waals surface area contributed by atoms with Gasteiger partial charge in [0.15, 0.2) is 0 Å². The van der Waals surface area contributed by atoms with E-state index in [-0.39, 0.29) is 24.3 Å². The number of amides is 1. The van der Waals surface area contributed by atoms with E-state index in [1.165, 1.54) is 0 Å². The molecule has 23 heavy (non-hydrogen) atoms. The highest BCUT2D eigenvalue weighted by molar-refractivity contribution is 5.68. The zero-order valence-electron chi connectivity index (χ0n) is 14.5. The number of nitrogens with one attached hydrogen (secondary N) is 2. The maximum Gasteiger partial charge on any atom is 0.407 e. The fourth-order valence-corrected chi connectivity index (χ4v) is 3.89. The third-order valence-corrected chi connectivity index (χ3v) is 4.95. The van der Waals surface area contributed by atoms with Crippen molar-refractivity contribution in [2.75, 3.05) is 19.8 Å². The van der Waals surface area contributed by atoms with Crippen molar-refractivity contribution in [2.45, 2.75) is 76.3 Å². The molecule has 1 aliphatic carbocycles. The second-order valence-corrected chi connectivity index (χ2v) is 7.89. The first-order valence-electron chi connectivity index (χ1n) is 8.89. The van der Waals surface area contributed by atoms with Gasteiger partial charge in [-0.1, -0.05) is 0 Å². The Kier molecular flexibility index (Phi) is 5.13. The lowest BCUT2D eigenvalue weighted by Gasteiger charge is -2.49. The van der Waals surface area contributed by atoms with Gasteiger partial charge in [-0.2, -0.15) is 0 Å². The van der Waals surface area contributed by atoms with Crippen molar-refractivity contribution in [1.29, 1.82) is 0 Å². The molecule has 0 aromatic carbocycles. The lowest BCUT2D eigenvalue weighted by molar-refractivity contribution is -0.0384. The van der Waals surface area contributed by atoms with Crippen LogP contribution in [0.1, 0.15) is 46.5 Å². The number of hydrogen-bond acceptors (Lipinski definition) is 5. The highest BCUT2D eigenvalue weighted by Crippen LogP contribution is 2.39. The lowest BCUT2D eigenvalue weighted by atomic mass is 9.71. The van der Waals surface area contributed by atoms with Crippen LogP contribution >= 0.6 is 0 Å². The van der Waals surface area contributed by atoms with Crippen LogP contribution in [0.5, 0.6) is 0 Å². The van der Waals surface area contributed by atoms with Crippen molar-refractivity contribution in [2.24, 2.45) is 5.92 Å². The third-order valence-electron chi connectivity index (χ3n) is 4.95. The molecule has 0 bridgehead atoms. The average molecular weight is 326 g/mol. The molecule has 2 heterocycles. The summed E-state index contributed by atoms with van der Waals surface area (Å²) in [5.41, 5.74) is -0.471. The maximum atomic E-state index is 12.1. The van der Waals surface area contributed by atoms with Gasteiger partial charge in [-0.05, 0) is 46.5 Å². The largest absolute Gasteiger partial charge is 0.444 e. The molecule has 5 unspecified atom stereocenters. The first-order chi connectivity index (χ1) is 10.9. The van der Waals surface area contributed by atoms with Crippen LogP contribution in [0.2, 0.25) is 0 Å². The number of fused-ring (bicyclic) bond motifs is 1. The van der Waals surface area contributed by atoms with Crippen LogP contribution in [0.25, 0.3) is 0 Å². The molecule has 3 fully saturated rings. The van der Waals surface area contributed by atoms with Gasteiger partial charge in [0.2, 0.25) is 0 Å². The first-order valence-corrected chi connectivity index (χ1v) is 8.89. The Bertz CT molecular complexity index is 415. The fraction of sp³-hybridized carbons (Fsp3) is 0.941. The van der Waals surface area contributed by atoms with E-state index >= 15 is 0 Å². The fourth-order valence-electron chi connectivity index (χ4n) is 3.89. The molecule has 3 aliphatic rings. The molecule has 132 valence electrons. The molecule has 0 radical (unpaired) electrons. The predicted molar refractivity (Wildman–Crippen MR) is 86.4 cm³/mol. The summed E-state index contributed by atoms with van der Waals surface area (Å²) in [4.78, 5) is 12.1. The summed E-state index contributed by atoms with van der Waals surface area (Å²) in [5.74, 6) is 0.405. The summed E-state index contributed by atoms with van der Waals surface area (Å²) < 4.78 is 16.8. The number of carbonyl (C=O) groups is 1. The van der Waals surface area contributed by atoms with E-state index in [4.69, 9.17) is 14.2 Å². The van der Waals surface area contributed by atoms with Crippen molar-refractivity contribution in [3.05, 3.63) is 0 Å². The summed E-state index contributed by atoms with van der Waals surface area (Å²) in [6, 6.07) is 0.718.